The van der Waals surface area contributed by atoms with Gasteiger partial charge in [0.1, 0.15) is 5.75 Å². The van der Waals surface area contributed by atoms with Gasteiger partial charge in [0.05, 0.1) is 0 Å². The van der Waals surface area contributed by atoms with Crippen LogP contribution in [0, 0.1) is 4.77 Å². The molecule has 0 radical (unpaired) electrons. The zero-order chi connectivity index (χ0) is 14.9. The topological polar surface area (TPSA) is 42.8 Å². The van der Waals surface area contributed by atoms with Crippen molar-refractivity contribution in [3.05, 3.63) is 40.4 Å². The van der Waals surface area contributed by atoms with Crippen LogP contribution in [-0.2, 0) is 12.5 Å². The summed E-state index contributed by atoms with van der Waals surface area (Å²) in [6, 6.07) is 8.20. The lowest BCUT2D eigenvalue weighted by molar-refractivity contribution is 0.212. The quantitative estimate of drug-likeness (QED) is 0.872. The van der Waals surface area contributed by atoms with E-state index in [9.17, 15) is 0 Å². The van der Waals surface area contributed by atoms with E-state index in [1.165, 1.54) is 5.56 Å². The van der Waals surface area contributed by atoms with Gasteiger partial charge in [-0.05, 0) is 42.3 Å². The summed E-state index contributed by atoms with van der Waals surface area (Å²) >= 11 is 5.11. The van der Waals surface area contributed by atoms with E-state index in [0.717, 1.165) is 11.6 Å². The first-order valence-corrected chi connectivity index (χ1v) is 7.08. The summed E-state index contributed by atoms with van der Waals surface area (Å²) in [4.78, 5) is 0. The summed E-state index contributed by atoms with van der Waals surface area (Å²) in [6.07, 6.45) is -0.159. The SMILES string of the molecule is C[C@H](Oc1ccc(C(C)(C)C)cc1)c1n[nH]c(=S)n1C. The Bertz CT molecular complexity index is 634. The molecule has 2 rings (SSSR count). The maximum atomic E-state index is 5.91. The first-order chi connectivity index (χ1) is 9.29. The number of aromatic amines is 1. The average molecular weight is 291 g/mol. The monoisotopic (exact) mass is 291 g/mol. The summed E-state index contributed by atoms with van der Waals surface area (Å²) < 4.78 is 8.33. The summed E-state index contributed by atoms with van der Waals surface area (Å²) in [5.41, 5.74) is 1.44. The molecule has 0 amide bonds. The van der Waals surface area contributed by atoms with Crippen molar-refractivity contribution < 1.29 is 4.74 Å². The molecule has 4 nitrogen and oxygen atoms in total. The van der Waals surface area contributed by atoms with Crippen molar-refractivity contribution in [1.29, 1.82) is 0 Å². The van der Waals surface area contributed by atoms with E-state index in [1.54, 1.807) is 0 Å². The largest absolute Gasteiger partial charge is 0.483 e. The van der Waals surface area contributed by atoms with Crippen LogP contribution < -0.4 is 4.74 Å². The molecule has 108 valence electrons. The Morgan fingerprint density at radius 1 is 1.25 bits per heavy atom. The smallest absolute Gasteiger partial charge is 0.195 e. The highest BCUT2D eigenvalue weighted by atomic mass is 32.1. The van der Waals surface area contributed by atoms with Gasteiger partial charge in [-0.25, -0.2) is 0 Å². The molecule has 1 heterocycles. The molecule has 0 saturated carbocycles. The molecule has 0 saturated heterocycles. The van der Waals surface area contributed by atoms with E-state index in [-0.39, 0.29) is 11.5 Å². The Balaban J connectivity index is 2.14. The number of rotatable bonds is 3. The molecule has 1 aromatic carbocycles. The maximum Gasteiger partial charge on any atom is 0.195 e. The zero-order valence-corrected chi connectivity index (χ0v) is 13.4. The third-order valence-electron chi connectivity index (χ3n) is 3.31. The number of ether oxygens (including phenoxy) is 1. The molecule has 0 unspecified atom stereocenters. The molecular weight excluding hydrogens is 270 g/mol. The van der Waals surface area contributed by atoms with Crippen LogP contribution in [0.3, 0.4) is 0 Å². The average Bonchev–Trinajstić information content (AvgIpc) is 2.69. The van der Waals surface area contributed by atoms with Gasteiger partial charge < -0.3 is 9.30 Å². The minimum Gasteiger partial charge on any atom is -0.483 e. The van der Waals surface area contributed by atoms with E-state index in [0.29, 0.717) is 4.77 Å². The van der Waals surface area contributed by atoms with E-state index in [2.05, 4.69) is 43.1 Å². The molecule has 1 N–H and O–H groups in total. The second kappa shape index (κ2) is 5.40. The van der Waals surface area contributed by atoms with Gasteiger partial charge in [-0.2, -0.15) is 5.10 Å². The number of hydrogen-bond donors (Lipinski definition) is 1. The molecule has 0 spiro atoms. The highest BCUT2D eigenvalue weighted by molar-refractivity contribution is 7.71. The van der Waals surface area contributed by atoms with E-state index in [4.69, 9.17) is 17.0 Å². The standard InChI is InChI=1S/C15H21N3OS/c1-10(13-16-17-14(20)18(13)5)19-12-8-6-11(7-9-12)15(2,3)4/h6-10H,1-5H3,(H,17,20)/t10-/m0/s1. The third-order valence-corrected chi connectivity index (χ3v) is 3.68. The predicted molar refractivity (Wildman–Crippen MR) is 82.6 cm³/mol. The van der Waals surface area contributed by atoms with Gasteiger partial charge >= 0.3 is 0 Å². The van der Waals surface area contributed by atoms with Crippen molar-refractivity contribution in [2.75, 3.05) is 0 Å². The molecule has 0 aliphatic rings. The number of benzene rings is 1. The van der Waals surface area contributed by atoms with Crippen molar-refractivity contribution in [3.63, 3.8) is 0 Å². The molecule has 0 aliphatic carbocycles. The normalized spacial score (nSPS) is 13.2. The van der Waals surface area contributed by atoms with Gasteiger partial charge in [0, 0.05) is 7.05 Å². The fraction of sp³-hybridized carbons (Fsp3) is 0.467. The van der Waals surface area contributed by atoms with Crippen molar-refractivity contribution in [1.82, 2.24) is 14.8 Å². The van der Waals surface area contributed by atoms with Crippen molar-refractivity contribution in [2.24, 2.45) is 7.05 Å². The molecule has 0 fully saturated rings. The van der Waals surface area contributed by atoms with Gasteiger partial charge in [0.25, 0.3) is 0 Å². The van der Waals surface area contributed by atoms with Crippen LogP contribution in [0.1, 0.15) is 45.2 Å². The Labute approximate surface area is 124 Å². The van der Waals surface area contributed by atoms with Crippen molar-refractivity contribution in [2.45, 2.75) is 39.2 Å². The lowest BCUT2D eigenvalue weighted by Crippen LogP contribution is -2.12. The van der Waals surface area contributed by atoms with E-state index < -0.39 is 0 Å². The Kier molecular flexibility index (Phi) is 3.99. The second-order valence-corrected chi connectivity index (χ2v) is 6.37. The minimum absolute atomic E-state index is 0.149. The van der Waals surface area contributed by atoms with Crippen molar-refractivity contribution >= 4 is 12.2 Å². The highest BCUT2D eigenvalue weighted by Crippen LogP contribution is 2.26. The zero-order valence-electron chi connectivity index (χ0n) is 12.6. The number of hydrogen-bond acceptors (Lipinski definition) is 3. The van der Waals surface area contributed by atoms with Crippen LogP contribution in [0.4, 0.5) is 0 Å². The Morgan fingerprint density at radius 3 is 2.30 bits per heavy atom. The van der Waals surface area contributed by atoms with Crippen LogP contribution in [0.15, 0.2) is 24.3 Å². The molecular formula is C15H21N3OS. The van der Waals surface area contributed by atoms with Gasteiger partial charge in [0.15, 0.2) is 16.7 Å². The minimum atomic E-state index is -0.159. The molecule has 20 heavy (non-hydrogen) atoms. The van der Waals surface area contributed by atoms with Crippen LogP contribution in [0.25, 0.3) is 0 Å². The number of nitrogens with one attached hydrogen (secondary N) is 1. The number of aromatic nitrogens is 3. The molecule has 1 aromatic heterocycles. The molecule has 0 bridgehead atoms. The second-order valence-electron chi connectivity index (χ2n) is 5.98. The number of H-pyrrole nitrogens is 1. The molecule has 0 aliphatic heterocycles. The third kappa shape index (κ3) is 3.10. The predicted octanol–water partition coefficient (Wildman–Crippen LogP) is 3.92. The van der Waals surface area contributed by atoms with Crippen LogP contribution in [-0.4, -0.2) is 14.8 Å². The molecule has 1 atom stereocenters. The van der Waals surface area contributed by atoms with Gasteiger partial charge in [-0.3, -0.25) is 5.10 Å². The summed E-state index contributed by atoms with van der Waals surface area (Å²) in [5, 5.41) is 6.96. The highest BCUT2D eigenvalue weighted by Gasteiger charge is 2.16. The Hall–Kier alpha value is -1.62. The van der Waals surface area contributed by atoms with Crippen LogP contribution >= 0.6 is 12.2 Å². The summed E-state index contributed by atoms with van der Waals surface area (Å²) in [5.74, 6) is 1.62. The van der Waals surface area contributed by atoms with E-state index >= 15 is 0 Å². The maximum absolute atomic E-state index is 5.91. The summed E-state index contributed by atoms with van der Waals surface area (Å²) in [6.45, 7) is 8.55. The first-order valence-electron chi connectivity index (χ1n) is 6.67. The Morgan fingerprint density at radius 2 is 1.85 bits per heavy atom. The fourth-order valence-corrected chi connectivity index (χ4v) is 2.15. The van der Waals surface area contributed by atoms with Gasteiger partial charge in [-0.1, -0.05) is 32.9 Å². The van der Waals surface area contributed by atoms with Gasteiger partial charge in [0.2, 0.25) is 0 Å². The lowest BCUT2D eigenvalue weighted by Gasteiger charge is -2.20. The fourth-order valence-electron chi connectivity index (χ4n) is 2.01. The lowest BCUT2D eigenvalue weighted by atomic mass is 9.87. The van der Waals surface area contributed by atoms with Crippen LogP contribution in [0.5, 0.6) is 5.75 Å². The van der Waals surface area contributed by atoms with Crippen LogP contribution in [0.2, 0.25) is 0 Å². The molecule has 2 aromatic rings. The molecule has 5 heteroatoms. The summed E-state index contributed by atoms with van der Waals surface area (Å²) in [7, 11) is 1.88. The van der Waals surface area contributed by atoms with Crippen molar-refractivity contribution in [3.8, 4) is 5.75 Å². The number of nitrogens with zero attached hydrogens (tertiary/aromatic N) is 2. The first kappa shape index (κ1) is 14.8. The van der Waals surface area contributed by atoms with Gasteiger partial charge in [-0.15, -0.1) is 0 Å². The van der Waals surface area contributed by atoms with E-state index in [1.807, 2.05) is 30.7 Å².